The van der Waals surface area contributed by atoms with E-state index in [-0.39, 0.29) is 5.01 Å². The van der Waals surface area contributed by atoms with E-state index >= 15 is 0 Å². The maximum atomic E-state index is 13.9. The quantitative estimate of drug-likeness (QED) is 0.789. The highest BCUT2D eigenvalue weighted by molar-refractivity contribution is 7.09. The van der Waals surface area contributed by atoms with E-state index in [1.54, 1.807) is 0 Å². The van der Waals surface area contributed by atoms with Crippen LogP contribution in [0.2, 0.25) is 0 Å². The first kappa shape index (κ1) is 13.5. The first-order valence-electron chi connectivity index (χ1n) is 5.00. The summed E-state index contributed by atoms with van der Waals surface area (Å²) in [6.45, 7) is -0.698. The molecule has 0 aliphatic carbocycles. The number of nitrogens with two attached hydrogens (primary N) is 1. The largest absolute Gasteiger partial charge is 0.375 e. The van der Waals surface area contributed by atoms with Gasteiger partial charge in [0.2, 0.25) is 5.60 Å². The number of alkyl halides is 2. The molecule has 0 aromatic carbocycles. The summed E-state index contributed by atoms with van der Waals surface area (Å²) in [5.74, 6) is -6.14. The highest BCUT2D eigenvalue weighted by Crippen LogP contribution is 2.39. The van der Waals surface area contributed by atoms with Gasteiger partial charge < -0.3 is 10.8 Å². The number of aromatic nitrogens is 4. The minimum atomic E-state index is -4.20. The van der Waals surface area contributed by atoms with Gasteiger partial charge in [0.15, 0.2) is 0 Å². The molecule has 0 fully saturated rings. The Hall–Kier alpha value is -1.94. The molecule has 2 heterocycles. The molecule has 0 saturated heterocycles. The third kappa shape index (κ3) is 2.19. The third-order valence-corrected chi connectivity index (χ3v) is 3.40. The second-order valence-electron chi connectivity index (χ2n) is 3.73. The van der Waals surface area contributed by atoms with E-state index in [1.807, 2.05) is 0 Å². The van der Waals surface area contributed by atoms with Gasteiger partial charge in [-0.25, -0.2) is 14.6 Å². The van der Waals surface area contributed by atoms with Crippen LogP contribution in [0.25, 0.3) is 0 Å². The van der Waals surface area contributed by atoms with E-state index in [0.717, 1.165) is 28.7 Å². The number of carbonyl (C=O) groups excluding carboxylic acids is 1. The van der Waals surface area contributed by atoms with Crippen molar-refractivity contribution in [3.8, 4) is 0 Å². The zero-order valence-electron chi connectivity index (χ0n) is 9.40. The van der Waals surface area contributed by atoms with Crippen molar-refractivity contribution in [3.05, 3.63) is 29.2 Å². The van der Waals surface area contributed by atoms with Gasteiger partial charge in [-0.3, -0.25) is 4.79 Å². The Morgan fingerprint density at radius 2 is 2.32 bits per heavy atom. The normalized spacial score (nSPS) is 15.1. The van der Waals surface area contributed by atoms with E-state index in [1.165, 1.54) is 11.6 Å². The fourth-order valence-corrected chi connectivity index (χ4v) is 2.24. The maximum absolute atomic E-state index is 13.9. The number of halogens is 2. The van der Waals surface area contributed by atoms with Gasteiger partial charge >= 0.3 is 5.92 Å². The molecule has 0 radical (unpaired) electrons. The lowest BCUT2D eigenvalue weighted by Crippen LogP contribution is -2.56. The molecule has 2 aromatic rings. The van der Waals surface area contributed by atoms with E-state index in [9.17, 15) is 18.7 Å². The van der Waals surface area contributed by atoms with Gasteiger partial charge in [0, 0.05) is 11.6 Å². The van der Waals surface area contributed by atoms with E-state index in [2.05, 4.69) is 20.8 Å². The van der Waals surface area contributed by atoms with Crippen molar-refractivity contribution in [1.82, 2.24) is 19.7 Å². The number of carbonyl (C=O) groups is 1. The average Bonchev–Trinajstić information content (AvgIpc) is 3.00. The van der Waals surface area contributed by atoms with Crippen LogP contribution in [-0.4, -0.2) is 36.7 Å². The summed E-state index contributed by atoms with van der Waals surface area (Å²) in [5.41, 5.74) is 1.80. The van der Waals surface area contributed by atoms with Gasteiger partial charge in [-0.1, -0.05) is 0 Å². The SMILES string of the molecule is NC(=O)C(F)(F)C(O)(Cn1cncn1)c1nccs1. The van der Waals surface area contributed by atoms with Crippen molar-refractivity contribution in [1.29, 1.82) is 0 Å². The summed E-state index contributed by atoms with van der Waals surface area (Å²) in [7, 11) is 0. The Kier molecular flexibility index (Phi) is 3.28. The highest BCUT2D eigenvalue weighted by Gasteiger charge is 2.60. The molecule has 2 rings (SSSR count). The maximum Gasteiger partial charge on any atom is 0.360 e. The van der Waals surface area contributed by atoms with Crippen LogP contribution < -0.4 is 5.73 Å². The number of thiazole rings is 1. The Labute approximate surface area is 109 Å². The number of rotatable bonds is 5. The molecule has 1 atom stereocenters. The lowest BCUT2D eigenvalue weighted by molar-refractivity contribution is -0.199. The van der Waals surface area contributed by atoms with Gasteiger partial charge in [0.05, 0.1) is 6.54 Å². The Morgan fingerprint density at radius 3 is 2.79 bits per heavy atom. The summed E-state index contributed by atoms with van der Waals surface area (Å²) < 4.78 is 28.8. The van der Waals surface area contributed by atoms with Crippen molar-refractivity contribution >= 4 is 17.2 Å². The van der Waals surface area contributed by atoms with Crippen LogP contribution in [0, 0.1) is 0 Å². The van der Waals surface area contributed by atoms with E-state index in [4.69, 9.17) is 0 Å². The number of primary amides is 1. The van der Waals surface area contributed by atoms with Crippen molar-refractivity contribution in [3.63, 3.8) is 0 Å². The molecule has 10 heteroatoms. The second-order valence-corrected chi connectivity index (χ2v) is 4.62. The van der Waals surface area contributed by atoms with Gasteiger partial charge in [-0.05, 0) is 0 Å². The second kappa shape index (κ2) is 4.63. The number of amides is 1. The van der Waals surface area contributed by atoms with Crippen molar-refractivity contribution in [2.75, 3.05) is 0 Å². The molecule has 102 valence electrons. The fraction of sp³-hybridized carbons (Fsp3) is 0.333. The number of hydrogen-bond acceptors (Lipinski definition) is 6. The lowest BCUT2D eigenvalue weighted by Gasteiger charge is -2.31. The molecule has 1 amide bonds. The first-order valence-corrected chi connectivity index (χ1v) is 5.88. The summed E-state index contributed by atoms with van der Waals surface area (Å²) in [5, 5.41) is 14.9. The average molecular weight is 289 g/mol. The monoisotopic (exact) mass is 289 g/mol. The Bertz CT molecular complexity index is 559. The summed E-state index contributed by atoms with van der Waals surface area (Å²) >= 11 is 0.786. The topological polar surface area (TPSA) is 107 Å². The first-order chi connectivity index (χ1) is 8.88. The molecule has 1 unspecified atom stereocenters. The molecule has 0 aliphatic heterocycles. The van der Waals surface area contributed by atoms with E-state index in [0.29, 0.717) is 0 Å². The van der Waals surface area contributed by atoms with Crippen LogP contribution in [0.5, 0.6) is 0 Å². The van der Waals surface area contributed by atoms with Gasteiger partial charge in [0.25, 0.3) is 5.91 Å². The molecule has 19 heavy (non-hydrogen) atoms. The zero-order valence-corrected chi connectivity index (χ0v) is 10.2. The fourth-order valence-electron chi connectivity index (χ4n) is 1.48. The molecule has 0 bridgehead atoms. The van der Waals surface area contributed by atoms with Crippen LogP contribution in [0.1, 0.15) is 5.01 Å². The number of hydrogen-bond donors (Lipinski definition) is 2. The van der Waals surface area contributed by atoms with Crippen LogP contribution in [0.4, 0.5) is 8.78 Å². The van der Waals surface area contributed by atoms with Crippen LogP contribution in [0.15, 0.2) is 24.2 Å². The molecule has 0 aliphatic rings. The molecule has 0 saturated carbocycles. The molecule has 3 N–H and O–H groups in total. The molecular weight excluding hydrogens is 280 g/mol. The number of nitrogens with zero attached hydrogens (tertiary/aromatic N) is 4. The smallest absolute Gasteiger partial charge is 0.360 e. The predicted octanol–water partition coefficient (Wildman–Crippen LogP) is -0.257. The Morgan fingerprint density at radius 1 is 1.58 bits per heavy atom. The third-order valence-electron chi connectivity index (χ3n) is 2.47. The minimum absolute atomic E-state index is 0.327. The van der Waals surface area contributed by atoms with Crippen LogP contribution >= 0.6 is 11.3 Å². The van der Waals surface area contributed by atoms with Gasteiger partial charge in [-0.2, -0.15) is 13.9 Å². The molecule has 0 spiro atoms. The molecule has 2 aromatic heterocycles. The zero-order chi connectivity index (χ0) is 14.1. The lowest BCUT2D eigenvalue weighted by atomic mass is 9.95. The molecular formula is C9H9F2N5O2S. The predicted molar refractivity (Wildman–Crippen MR) is 60.2 cm³/mol. The highest BCUT2D eigenvalue weighted by atomic mass is 32.1. The van der Waals surface area contributed by atoms with Gasteiger partial charge in [-0.15, -0.1) is 11.3 Å². The van der Waals surface area contributed by atoms with Crippen LogP contribution in [-0.2, 0) is 16.9 Å². The standard InChI is InChI=1S/C9H9F2N5O2S/c10-9(11,6(12)17)8(18,7-14-1-2-19-7)3-16-5-13-4-15-16/h1-2,4-5,18H,3H2,(H2,12,17). The summed E-state index contributed by atoms with van der Waals surface area (Å²) in [6.07, 6.45) is 3.49. The van der Waals surface area contributed by atoms with Crippen LogP contribution in [0.3, 0.4) is 0 Å². The Balaban J connectivity index is 2.47. The van der Waals surface area contributed by atoms with Gasteiger partial charge in [0.1, 0.15) is 17.7 Å². The summed E-state index contributed by atoms with van der Waals surface area (Å²) in [4.78, 5) is 18.1. The van der Waals surface area contributed by atoms with Crippen molar-refractivity contribution in [2.24, 2.45) is 5.73 Å². The van der Waals surface area contributed by atoms with Crippen molar-refractivity contribution in [2.45, 2.75) is 18.1 Å². The summed E-state index contributed by atoms with van der Waals surface area (Å²) in [6, 6.07) is 0. The number of aliphatic hydroxyl groups is 1. The molecule has 7 nitrogen and oxygen atoms in total. The minimum Gasteiger partial charge on any atom is -0.375 e. The van der Waals surface area contributed by atoms with Crippen molar-refractivity contribution < 1.29 is 18.7 Å². The van der Waals surface area contributed by atoms with E-state index < -0.39 is 24.0 Å².